The van der Waals surface area contributed by atoms with Gasteiger partial charge in [-0.15, -0.1) is 0 Å². The topological polar surface area (TPSA) is 107 Å². The maximum absolute atomic E-state index is 10.9. The van der Waals surface area contributed by atoms with Crippen LogP contribution in [0.15, 0.2) is 0 Å². The molecule has 0 fully saturated rings. The van der Waals surface area contributed by atoms with Crippen LogP contribution < -0.4 is 0 Å². The monoisotopic (exact) mass is 210 g/mol. The van der Waals surface area contributed by atoms with E-state index >= 15 is 0 Å². The molecule has 6 nitrogen and oxygen atoms in total. The second-order valence-corrected chi connectivity index (χ2v) is 4.73. The van der Waals surface area contributed by atoms with Gasteiger partial charge in [-0.2, -0.15) is 0 Å². The smallest absolute Gasteiger partial charge is 0.463 e. The fourth-order valence-corrected chi connectivity index (χ4v) is 1.77. The highest BCUT2D eigenvalue weighted by molar-refractivity contribution is 6.56. The third-order valence-corrected chi connectivity index (χ3v) is 2.48. The predicted molar refractivity (Wildman–Crippen MR) is 44.4 cm³/mol. The Kier molecular flexibility index (Phi) is 5.11. The Morgan fingerprint density at radius 1 is 1.46 bits per heavy atom. The lowest BCUT2D eigenvalue weighted by Gasteiger charge is -2.14. The number of hydrogen-bond donors (Lipinski definition) is 4. The molecular formula is C6H14O6Si. The minimum Gasteiger partial charge on any atom is -0.463 e. The third kappa shape index (κ3) is 6.67. The van der Waals surface area contributed by atoms with Crippen LogP contribution in [0.2, 0.25) is 6.04 Å². The van der Waals surface area contributed by atoms with Crippen LogP contribution in [0.4, 0.5) is 0 Å². The summed E-state index contributed by atoms with van der Waals surface area (Å²) in [4.78, 5) is 36.9. The molecule has 0 aromatic carbocycles. The van der Waals surface area contributed by atoms with Gasteiger partial charge in [-0.25, -0.2) is 0 Å². The lowest BCUT2D eigenvalue weighted by Crippen LogP contribution is -2.38. The van der Waals surface area contributed by atoms with Crippen LogP contribution in [0.3, 0.4) is 0 Å². The molecule has 1 unspecified atom stereocenters. The van der Waals surface area contributed by atoms with Crippen LogP contribution in [0.5, 0.6) is 0 Å². The molecule has 0 aromatic heterocycles. The number of aliphatic hydroxyl groups excluding tert-OH is 1. The van der Waals surface area contributed by atoms with E-state index in [9.17, 15) is 4.79 Å². The molecule has 0 saturated carbocycles. The first-order chi connectivity index (χ1) is 5.87. The van der Waals surface area contributed by atoms with Gasteiger partial charge < -0.3 is 24.2 Å². The highest BCUT2D eigenvalue weighted by Crippen LogP contribution is 2.11. The molecule has 0 aromatic rings. The van der Waals surface area contributed by atoms with Gasteiger partial charge in [0.2, 0.25) is 0 Å². The SMILES string of the molecule is CC(C[Si](O)(O)O)C(=O)OCCO. The Morgan fingerprint density at radius 3 is 2.38 bits per heavy atom. The van der Waals surface area contributed by atoms with Gasteiger partial charge in [0.05, 0.1) is 12.5 Å². The molecule has 0 saturated heterocycles. The molecule has 0 amide bonds. The Hall–Kier alpha value is -0.473. The third-order valence-electron chi connectivity index (χ3n) is 1.32. The van der Waals surface area contributed by atoms with E-state index in [0.29, 0.717) is 0 Å². The van der Waals surface area contributed by atoms with Crippen molar-refractivity contribution < 1.29 is 29.0 Å². The Balaban J connectivity index is 3.83. The molecule has 0 heterocycles. The lowest BCUT2D eigenvalue weighted by atomic mass is 10.2. The first-order valence-electron chi connectivity index (χ1n) is 3.81. The second-order valence-electron chi connectivity index (χ2n) is 2.77. The molecule has 7 heteroatoms. The summed E-state index contributed by atoms with van der Waals surface area (Å²) in [6.45, 7) is 1.00. The van der Waals surface area contributed by atoms with Crippen LogP contribution in [0, 0.1) is 5.92 Å². The molecule has 0 spiro atoms. The van der Waals surface area contributed by atoms with Crippen molar-refractivity contribution in [1.29, 1.82) is 0 Å². The van der Waals surface area contributed by atoms with E-state index in [4.69, 9.17) is 19.5 Å². The van der Waals surface area contributed by atoms with Gasteiger partial charge in [0, 0.05) is 6.04 Å². The average Bonchev–Trinajstić information content (AvgIpc) is 1.96. The average molecular weight is 210 g/mol. The van der Waals surface area contributed by atoms with Crippen molar-refractivity contribution in [2.24, 2.45) is 5.92 Å². The van der Waals surface area contributed by atoms with Crippen molar-refractivity contribution in [1.82, 2.24) is 0 Å². The summed E-state index contributed by atoms with van der Waals surface area (Å²) < 4.78 is 4.50. The van der Waals surface area contributed by atoms with Gasteiger partial charge >= 0.3 is 14.8 Å². The normalized spacial score (nSPS) is 13.9. The summed E-state index contributed by atoms with van der Waals surface area (Å²) in [5, 5.41) is 8.31. The standard InChI is InChI=1S/C6H14O6Si/c1-5(4-13(9,10)11)6(8)12-3-2-7/h5,7,9-11H,2-4H2,1H3. The zero-order valence-corrected chi connectivity index (χ0v) is 8.30. The maximum atomic E-state index is 10.9. The van der Waals surface area contributed by atoms with Crippen molar-refractivity contribution in [3.8, 4) is 0 Å². The van der Waals surface area contributed by atoms with E-state index in [1.165, 1.54) is 6.92 Å². The van der Waals surface area contributed by atoms with E-state index in [-0.39, 0.29) is 13.2 Å². The number of esters is 1. The van der Waals surface area contributed by atoms with Gasteiger partial charge in [-0.1, -0.05) is 6.92 Å². The number of ether oxygens (including phenoxy) is 1. The van der Waals surface area contributed by atoms with Crippen LogP contribution in [-0.4, -0.2) is 47.5 Å². The molecule has 0 aliphatic rings. The molecule has 0 radical (unpaired) electrons. The van der Waals surface area contributed by atoms with E-state index in [1.54, 1.807) is 0 Å². The largest absolute Gasteiger partial charge is 0.493 e. The summed E-state index contributed by atoms with van der Waals surface area (Å²) in [6.07, 6.45) is 0. The van der Waals surface area contributed by atoms with E-state index in [0.717, 1.165) is 0 Å². The maximum Gasteiger partial charge on any atom is 0.493 e. The van der Waals surface area contributed by atoms with Crippen molar-refractivity contribution in [2.45, 2.75) is 13.0 Å². The molecular weight excluding hydrogens is 196 g/mol. The van der Waals surface area contributed by atoms with Crippen molar-refractivity contribution in [2.75, 3.05) is 13.2 Å². The summed E-state index contributed by atoms with van der Waals surface area (Å²) in [7, 11) is -4.19. The quantitative estimate of drug-likeness (QED) is 0.311. The van der Waals surface area contributed by atoms with Crippen LogP contribution in [0.1, 0.15) is 6.92 Å². The Morgan fingerprint density at radius 2 is 2.00 bits per heavy atom. The molecule has 78 valence electrons. The molecule has 0 bridgehead atoms. The number of aliphatic hydroxyl groups is 1. The minimum absolute atomic E-state index is 0.125. The summed E-state index contributed by atoms with van der Waals surface area (Å²) >= 11 is 0. The van der Waals surface area contributed by atoms with Crippen molar-refractivity contribution in [3.05, 3.63) is 0 Å². The first kappa shape index (κ1) is 12.5. The van der Waals surface area contributed by atoms with Crippen molar-refractivity contribution >= 4 is 14.8 Å². The molecule has 13 heavy (non-hydrogen) atoms. The first-order valence-corrected chi connectivity index (χ1v) is 5.86. The lowest BCUT2D eigenvalue weighted by molar-refractivity contribution is -0.148. The molecule has 1 atom stereocenters. The minimum atomic E-state index is -4.19. The highest BCUT2D eigenvalue weighted by atomic mass is 28.4. The summed E-state index contributed by atoms with van der Waals surface area (Å²) in [5.74, 6) is -1.44. The number of rotatable bonds is 5. The van der Waals surface area contributed by atoms with Crippen LogP contribution >= 0.6 is 0 Å². The zero-order valence-electron chi connectivity index (χ0n) is 7.30. The van der Waals surface area contributed by atoms with E-state index < -0.39 is 26.7 Å². The zero-order chi connectivity index (χ0) is 10.5. The predicted octanol–water partition coefficient (Wildman–Crippen LogP) is -1.93. The highest BCUT2D eigenvalue weighted by Gasteiger charge is 2.33. The fourth-order valence-electron chi connectivity index (χ4n) is 0.783. The van der Waals surface area contributed by atoms with Crippen molar-refractivity contribution in [3.63, 3.8) is 0 Å². The number of carbonyl (C=O) groups excluding carboxylic acids is 1. The van der Waals surface area contributed by atoms with Gasteiger partial charge in [-0.05, 0) is 0 Å². The number of carbonyl (C=O) groups is 1. The van der Waals surface area contributed by atoms with Crippen LogP contribution in [-0.2, 0) is 9.53 Å². The van der Waals surface area contributed by atoms with Gasteiger partial charge in [-0.3, -0.25) is 4.79 Å². The molecule has 0 aliphatic heterocycles. The Labute approximate surface area is 76.8 Å². The van der Waals surface area contributed by atoms with Gasteiger partial charge in [0.25, 0.3) is 0 Å². The Bertz CT molecular complexity index is 165. The van der Waals surface area contributed by atoms with Gasteiger partial charge in [0.1, 0.15) is 6.61 Å². The summed E-state index contributed by atoms with van der Waals surface area (Å²) in [6, 6.07) is -0.392. The van der Waals surface area contributed by atoms with Crippen LogP contribution in [0.25, 0.3) is 0 Å². The van der Waals surface area contributed by atoms with E-state index in [1.807, 2.05) is 0 Å². The molecule has 0 rings (SSSR count). The summed E-state index contributed by atoms with van der Waals surface area (Å²) in [5.41, 5.74) is 0. The molecule has 0 aliphatic carbocycles. The molecule has 4 N–H and O–H groups in total. The van der Waals surface area contributed by atoms with Gasteiger partial charge in [0.15, 0.2) is 0 Å². The fraction of sp³-hybridized carbons (Fsp3) is 0.833. The van der Waals surface area contributed by atoms with E-state index in [2.05, 4.69) is 4.74 Å². The second kappa shape index (κ2) is 5.30. The number of hydrogen-bond acceptors (Lipinski definition) is 6.